The Hall–Kier alpha value is -3.42. The molecule has 0 spiro atoms. The van der Waals surface area contributed by atoms with Crippen LogP contribution in [0.4, 0.5) is 10.5 Å². The van der Waals surface area contributed by atoms with Crippen molar-refractivity contribution >= 4 is 28.7 Å². The minimum Gasteiger partial charge on any atom is -0.342 e. The van der Waals surface area contributed by atoms with Crippen LogP contribution in [0.5, 0.6) is 0 Å². The van der Waals surface area contributed by atoms with Gasteiger partial charge in [0.15, 0.2) is 0 Å². The zero-order chi connectivity index (χ0) is 21.9. The summed E-state index contributed by atoms with van der Waals surface area (Å²) in [6.07, 6.45) is 7.16. The zero-order valence-corrected chi connectivity index (χ0v) is 18.0. The largest absolute Gasteiger partial charge is 0.342 e. The molecule has 0 radical (unpaired) electrons. The highest BCUT2D eigenvalue weighted by atomic mass is 16.2. The van der Waals surface area contributed by atoms with Crippen LogP contribution in [0, 0.1) is 5.92 Å². The van der Waals surface area contributed by atoms with E-state index >= 15 is 0 Å². The summed E-state index contributed by atoms with van der Waals surface area (Å²) in [6, 6.07) is 11.2. The number of benzene rings is 1. The molecule has 0 aliphatic carbocycles. The molecular weight excluding hydrogens is 404 g/mol. The summed E-state index contributed by atoms with van der Waals surface area (Å²) in [5, 5.41) is 2.94. The van der Waals surface area contributed by atoms with Gasteiger partial charge in [-0.2, -0.15) is 0 Å². The molecule has 166 valence electrons. The Kier molecular flexibility index (Phi) is 5.75. The predicted molar refractivity (Wildman–Crippen MR) is 122 cm³/mol. The van der Waals surface area contributed by atoms with Crippen molar-refractivity contribution in [3.63, 3.8) is 0 Å². The number of aromatic amines is 1. The second kappa shape index (κ2) is 8.98. The number of aromatic nitrogens is 3. The molecule has 2 unspecified atom stereocenters. The van der Waals surface area contributed by atoms with E-state index in [4.69, 9.17) is 4.98 Å². The molecule has 5 rings (SSSR count). The van der Waals surface area contributed by atoms with Crippen LogP contribution in [0.1, 0.15) is 37.4 Å². The normalized spacial score (nSPS) is 21.5. The van der Waals surface area contributed by atoms with Crippen molar-refractivity contribution in [3.05, 3.63) is 54.6 Å². The maximum Gasteiger partial charge on any atom is 0.321 e. The van der Waals surface area contributed by atoms with Crippen LogP contribution in [0.25, 0.3) is 11.0 Å². The molecule has 3 aromatic rings. The molecule has 2 atom stereocenters. The molecule has 3 amide bonds. The molecule has 1 aromatic carbocycles. The summed E-state index contributed by atoms with van der Waals surface area (Å²) in [5.41, 5.74) is 2.61. The molecule has 2 N–H and O–H groups in total. The Morgan fingerprint density at radius 1 is 1.00 bits per heavy atom. The molecule has 8 nitrogen and oxygen atoms in total. The van der Waals surface area contributed by atoms with Crippen molar-refractivity contribution in [1.29, 1.82) is 0 Å². The first-order valence-corrected chi connectivity index (χ1v) is 11.4. The van der Waals surface area contributed by atoms with Gasteiger partial charge in [0.2, 0.25) is 5.91 Å². The third kappa shape index (κ3) is 4.30. The molecular formula is C24H28N6O2. The number of imidazole rings is 1. The first-order chi connectivity index (χ1) is 15.7. The Balaban J connectivity index is 1.22. The number of nitrogens with zero attached hydrogens (tertiary/aromatic N) is 4. The third-order valence-corrected chi connectivity index (χ3v) is 6.50. The third-order valence-electron chi connectivity index (χ3n) is 6.50. The lowest BCUT2D eigenvalue weighted by Crippen LogP contribution is -2.49. The van der Waals surface area contributed by atoms with Crippen molar-refractivity contribution in [1.82, 2.24) is 24.8 Å². The van der Waals surface area contributed by atoms with Gasteiger partial charge < -0.3 is 20.1 Å². The molecule has 2 aliphatic heterocycles. The summed E-state index contributed by atoms with van der Waals surface area (Å²) < 4.78 is 0. The van der Waals surface area contributed by atoms with E-state index in [2.05, 4.69) is 15.3 Å². The van der Waals surface area contributed by atoms with E-state index in [1.54, 1.807) is 17.3 Å². The van der Waals surface area contributed by atoms with E-state index < -0.39 is 0 Å². The Bertz CT molecular complexity index is 1070. The molecule has 2 aromatic heterocycles. The van der Waals surface area contributed by atoms with Gasteiger partial charge in [-0.05, 0) is 43.9 Å². The average Bonchev–Trinajstić information content (AvgIpc) is 3.29. The Morgan fingerprint density at radius 3 is 2.66 bits per heavy atom. The summed E-state index contributed by atoms with van der Waals surface area (Å²) >= 11 is 0. The number of anilines is 1. The number of hydrogen-bond acceptors (Lipinski definition) is 4. The number of pyridine rings is 1. The minimum absolute atomic E-state index is 0.138. The zero-order valence-electron chi connectivity index (χ0n) is 18.0. The van der Waals surface area contributed by atoms with Gasteiger partial charge in [0.1, 0.15) is 5.82 Å². The molecule has 2 fully saturated rings. The topological polar surface area (TPSA) is 94.2 Å². The number of hydrogen-bond donors (Lipinski definition) is 2. The van der Waals surface area contributed by atoms with Crippen LogP contribution >= 0.6 is 0 Å². The van der Waals surface area contributed by atoms with Crippen LogP contribution in [0.3, 0.4) is 0 Å². The number of carbonyl (C=O) groups is 2. The maximum atomic E-state index is 13.4. The fourth-order valence-electron chi connectivity index (χ4n) is 4.82. The summed E-state index contributed by atoms with van der Waals surface area (Å²) in [5.74, 6) is 1.13. The lowest BCUT2D eigenvalue weighted by atomic mass is 9.93. The summed E-state index contributed by atoms with van der Waals surface area (Å²) in [4.78, 5) is 42.1. The van der Waals surface area contributed by atoms with E-state index in [9.17, 15) is 9.59 Å². The number of carbonyl (C=O) groups excluding carboxylic acids is 2. The second-order valence-corrected chi connectivity index (χ2v) is 8.72. The minimum atomic E-state index is -0.149. The van der Waals surface area contributed by atoms with Gasteiger partial charge in [0, 0.05) is 44.0 Å². The highest BCUT2D eigenvalue weighted by Crippen LogP contribution is 2.29. The van der Waals surface area contributed by atoms with Crippen LogP contribution in [-0.2, 0) is 4.79 Å². The van der Waals surface area contributed by atoms with E-state index in [0.29, 0.717) is 19.6 Å². The summed E-state index contributed by atoms with van der Waals surface area (Å²) in [6.45, 7) is 2.58. The Labute approximate surface area is 187 Å². The lowest BCUT2D eigenvalue weighted by molar-refractivity contribution is -0.138. The molecule has 8 heteroatoms. The smallest absolute Gasteiger partial charge is 0.321 e. The number of amides is 3. The van der Waals surface area contributed by atoms with E-state index in [1.165, 1.54) is 0 Å². The standard InChI is InChI=1S/C24H28N6O2/c31-23(18-7-5-13-30(16-18)24(32)26-19-8-2-1-3-9-19)29-12-4-6-17(15-29)22-27-20-10-11-25-14-21(20)28-22/h1-3,8-11,14,17-18H,4-7,12-13,15-16H2,(H,26,32)(H,27,28). The molecule has 4 heterocycles. The molecule has 32 heavy (non-hydrogen) atoms. The van der Waals surface area contributed by atoms with Crippen LogP contribution in [0.15, 0.2) is 48.8 Å². The first kappa shape index (κ1) is 20.5. The molecule has 0 saturated carbocycles. The van der Waals surface area contributed by atoms with E-state index in [0.717, 1.165) is 54.8 Å². The average molecular weight is 433 g/mol. The number of urea groups is 1. The fraction of sp³-hybridized carbons (Fsp3) is 0.417. The van der Waals surface area contributed by atoms with Gasteiger partial charge in [0.05, 0.1) is 23.1 Å². The number of para-hydroxylation sites is 1. The van der Waals surface area contributed by atoms with Gasteiger partial charge in [-0.25, -0.2) is 9.78 Å². The predicted octanol–water partition coefficient (Wildman–Crippen LogP) is 3.61. The molecule has 2 aliphatic rings. The SMILES string of the molecule is O=C(Nc1ccccc1)N1CCCC(C(=O)N2CCCC(c3nc4ccncc4[nH]3)C2)C1. The molecule has 2 saturated heterocycles. The second-order valence-electron chi connectivity index (χ2n) is 8.72. The Morgan fingerprint density at radius 2 is 1.81 bits per heavy atom. The van der Waals surface area contributed by atoms with Gasteiger partial charge in [0.25, 0.3) is 0 Å². The van der Waals surface area contributed by atoms with Crippen LogP contribution < -0.4 is 5.32 Å². The maximum absolute atomic E-state index is 13.4. The van der Waals surface area contributed by atoms with Gasteiger partial charge in [-0.3, -0.25) is 9.78 Å². The van der Waals surface area contributed by atoms with Gasteiger partial charge in [-0.15, -0.1) is 0 Å². The van der Waals surface area contributed by atoms with Gasteiger partial charge in [-0.1, -0.05) is 18.2 Å². The number of nitrogens with one attached hydrogen (secondary N) is 2. The van der Waals surface area contributed by atoms with Crippen LogP contribution in [-0.4, -0.2) is 62.9 Å². The monoisotopic (exact) mass is 432 g/mol. The van der Waals surface area contributed by atoms with Gasteiger partial charge >= 0.3 is 6.03 Å². The van der Waals surface area contributed by atoms with Crippen molar-refractivity contribution in [2.45, 2.75) is 31.6 Å². The van der Waals surface area contributed by atoms with E-state index in [-0.39, 0.29) is 23.8 Å². The van der Waals surface area contributed by atoms with E-state index in [1.807, 2.05) is 41.3 Å². The summed E-state index contributed by atoms with van der Waals surface area (Å²) in [7, 11) is 0. The number of H-pyrrole nitrogens is 1. The number of likely N-dealkylation sites (tertiary alicyclic amines) is 2. The quantitative estimate of drug-likeness (QED) is 0.661. The fourth-order valence-corrected chi connectivity index (χ4v) is 4.82. The number of fused-ring (bicyclic) bond motifs is 1. The van der Waals surface area contributed by atoms with Crippen molar-refractivity contribution in [2.24, 2.45) is 5.92 Å². The number of rotatable bonds is 3. The van der Waals surface area contributed by atoms with Crippen LogP contribution in [0.2, 0.25) is 0 Å². The lowest BCUT2D eigenvalue weighted by Gasteiger charge is -2.38. The first-order valence-electron chi connectivity index (χ1n) is 11.4. The van der Waals surface area contributed by atoms with Crippen molar-refractivity contribution in [3.8, 4) is 0 Å². The number of piperidine rings is 2. The van der Waals surface area contributed by atoms with Crippen molar-refractivity contribution in [2.75, 3.05) is 31.5 Å². The highest BCUT2D eigenvalue weighted by Gasteiger charge is 2.34. The van der Waals surface area contributed by atoms with Crippen molar-refractivity contribution < 1.29 is 9.59 Å². The highest BCUT2D eigenvalue weighted by molar-refractivity contribution is 5.90. The molecule has 0 bridgehead atoms.